The molecular formula is C21H27NO3. The Kier molecular flexibility index (Phi) is 7.83. The molecule has 0 saturated heterocycles. The number of carbonyl (C=O) groups is 1. The molecule has 0 aliphatic carbocycles. The van der Waals surface area contributed by atoms with Gasteiger partial charge in [0.05, 0.1) is 13.2 Å². The second kappa shape index (κ2) is 10.4. The molecule has 1 amide bonds. The fourth-order valence-electron chi connectivity index (χ4n) is 2.45. The molecular weight excluding hydrogens is 314 g/mol. The highest BCUT2D eigenvalue weighted by atomic mass is 16.5. The second-order valence-corrected chi connectivity index (χ2v) is 5.85. The van der Waals surface area contributed by atoms with E-state index in [1.165, 1.54) is 19.3 Å². The summed E-state index contributed by atoms with van der Waals surface area (Å²) in [6.45, 7) is 5.42. The number of anilines is 1. The van der Waals surface area contributed by atoms with Crippen molar-refractivity contribution in [2.24, 2.45) is 0 Å². The minimum atomic E-state index is -0.158. The number of ether oxygens (including phenoxy) is 2. The van der Waals surface area contributed by atoms with Crippen LogP contribution in [0.1, 0.15) is 49.9 Å². The van der Waals surface area contributed by atoms with Crippen molar-refractivity contribution in [2.45, 2.75) is 39.5 Å². The Morgan fingerprint density at radius 1 is 0.920 bits per heavy atom. The molecule has 0 atom stereocenters. The highest BCUT2D eigenvalue weighted by Gasteiger charge is 2.07. The van der Waals surface area contributed by atoms with E-state index in [1.54, 1.807) is 12.1 Å². The van der Waals surface area contributed by atoms with Gasteiger partial charge in [0.15, 0.2) is 0 Å². The summed E-state index contributed by atoms with van der Waals surface area (Å²) in [7, 11) is 0. The van der Waals surface area contributed by atoms with Gasteiger partial charge in [-0.3, -0.25) is 4.79 Å². The number of nitrogens with one attached hydrogen (secondary N) is 1. The number of hydrogen-bond acceptors (Lipinski definition) is 3. The molecule has 4 heteroatoms. The van der Waals surface area contributed by atoms with Gasteiger partial charge in [-0.1, -0.05) is 32.3 Å². The molecule has 2 rings (SSSR count). The van der Waals surface area contributed by atoms with E-state index >= 15 is 0 Å². The third-order valence-electron chi connectivity index (χ3n) is 3.79. The summed E-state index contributed by atoms with van der Waals surface area (Å²) in [5.41, 5.74) is 1.31. The van der Waals surface area contributed by atoms with Crippen LogP contribution < -0.4 is 14.8 Å². The lowest BCUT2D eigenvalue weighted by molar-refractivity contribution is 0.102. The van der Waals surface area contributed by atoms with Crippen LogP contribution >= 0.6 is 0 Å². The predicted molar refractivity (Wildman–Crippen MR) is 102 cm³/mol. The molecule has 0 fully saturated rings. The van der Waals surface area contributed by atoms with Crippen LogP contribution in [0.3, 0.4) is 0 Å². The van der Waals surface area contributed by atoms with E-state index in [-0.39, 0.29) is 5.91 Å². The van der Waals surface area contributed by atoms with Crippen molar-refractivity contribution in [3.63, 3.8) is 0 Å². The molecule has 0 saturated carbocycles. The number of benzene rings is 2. The predicted octanol–water partition coefficient (Wildman–Crippen LogP) is 5.30. The van der Waals surface area contributed by atoms with Gasteiger partial charge in [0, 0.05) is 11.3 Å². The summed E-state index contributed by atoms with van der Waals surface area (Å²) in [6, 6.07) is 14.6. The smallest absolute Gasteiger partial charge is 0.255 e. The molecule has 134 valence electrons. The van der Waals surface area contributed by atoms with Crippen LogP contribution in [0.15, 0.2) is 48.5 Å². The normalized spacial score (nSPS) is 10.3. The number of carbonyl (C=O) groups excluding carboxylic acids is 1. The molecule has 0 aliphatic rings. The Labute approximate surface area is 150 Å². The molecule has 25 heavy (non-hydrogen) atoms. The highest BCUT2D eigenvalue weighted by Crippen LogP contribution is 2.18. The minimum absolute atomic E-state index is 0.158. The van der Waals surface area contributed by atoms with Crippen LogP contribution in [0.5, 0.6) is 11.5 Å². The van der Waals surface area contributed by atoms with Crippen molar-refractivity contribution in [3.8, 4) is 11.5 Å². The first kappa shape index (κ1) is 18.8. The summed E-state index contributed by atoms with van der Waals surface area (Å²) in [5.74, 6) is 1.37. The first-order valence-corrected chi connectivity index (χ1v) is 9.00. The first-order chi connectivity index (χ1) is 12.2. The number of amides is 1. The molecule has 4 nitrogen and oxygen atoms in total. The zero-order chi connectivity index (χ0) is 17.9. The van der Waals surface area contributed by atoms with Gasteiger partial charge in [0.2, 0.25) is 0 Å². The van der Waals surface area contributed by atoms with Gasteiger partial charge >= 0.3 is 0 Å². The molecule has 0 heterocycles. The van der Waals surface area contributed by atoms with Crippen LogP contribution in [-0.2, 0) is 0 Å². The average molecular weight is 341 g/mol. The van der Waals surface area contributed by atoms with E-state index < -0.39 is 0 Å². The molecule has 0 aromatic heterocycles. The van der Waals surface area contributed by atoms with E-state index in [4.69, 9.17) is 9.47 Å². The molecule has 0 aliphatic heterocycles. The van der Waals surface area contributed by atoms with Crippen molar-refractivity contribution >= 4 is 11.6 Å². The van der Waals surface area contributed by atoms with E-state index in [1.807, 2.05) is 43.3 Å². The van der Waals surface area contributed by atoms with Crippen LogP contribution in [-0.4, -0.2) is 19.1 Å². The number of hydrogen-bond donors (Lipinski definition) is 1. The molecule has 1 N–H and O–H groups in total. The minimum Gasteiger partial charge on any atom is -0.494 e. The highest BCUT2D eigenvalue weighted by molar-refractivity contribution is 6.04. The van der Waals surface area contributed by atoms with E-state index in [2.05, 4.69) is 12.2 Å². The summed E-state index contributed by atoms with van der Waals surface area (Å²) in [4.78, 5) is 12.3. The maximum Gasteiger partial charge on any atom is 0.255 e. The number of unbranched alkanes of at least 4 members (excludes halogenated alkanes) is 3. The molecule has 0 spiro atoms. The standard InChI is InChI=1S/C21H27NO3/c1-3-5-6-7-15-25-19-13-11-18(12-14-19)22-21(23)17-9-8-10-20(16-17)24-4-2/h8-14,16H,3-7,15H2,1-2H3,(H,22,23). The lowest BCUT2D eigenvalue weighted by Gasteiger charge is -2.09. The Hall–Kier alpha value is -2.49. The summed E-state index contributed by atoms with van der Waals surface area (Å²) in [6.07, 6.45) is 4.74. The SMILES string of the molecule is CCCCCCOc1ccc(NC(=O)c2cccc(OCC)c2)cc1. The van der Waals surface area contributed by atoms with Gasteiger partial charge in [-0.25, -0.2) is 0 Å². The van der Waals surface area contributed by atoms with Crippen LogP contribution in [0.2, 0.25) is 0 Å². The van der Waals surface area contributed by atoms with Crippen molar-refractivity contribution in [2.75, 3.05) is 18.5 Å². The van der Waals surface area contributed by atoms with Gasteiger partial charge in [-0.05, 0) is 55.8 Å². The van der Waals surface area contributed by atoms with Crippen LogP contribution in [0.25, 0.3) is 0 Å². The molecule has 0 bridgehead atoms. The Bertz CT molecular complexity index is 652. The summed E-state index contributed by atoms with van der Waals surface area (Å²) in [5, 5.41) is 2.89. The van der Waals surface area contributed by atoms with Crippen molar-refractivity contribution in [1.29, 1.82) is 0 Å². The van der Waals surface area contributed by atoms with Gasteiger partial charge in [0.1, 0.15) is 11.5 Å². The fourth-order valence-corrected chi connectivity index (χ4v) is 2.45. The van der Waals surface area contributed by atoms with Crippen molar-refractivity contribution < 1.29 is 14.3 Å². The third kappa shape index (κ3) is 6.49. The third-order valence-corrected chi connectivity index (χ3v) is 3.79. The van der Waals surface area contributed by atoms with Crippen molar-refractivity contribution in [1.82, 2.24) is 0 Å². The fraction of sp³-hybridized carbons (Fsp3) is 0.381. The maximum absolute atomic E-state index is 12.3. The molecule has 0 radical (unpaired) electrons. The van der Waals surface area contributed by atoms with Gasteiger partial charge < -0.3 is 14.8 Å². The Morgan fingerprint density at radius 3 is 2.44 bits per heavy atom. The molecule has 2 aromatic rings. The molecule has 2 aromatic carbocycles. The van der Waals surface area contributed by atoms with Gasteiger partial charge in [-0.15, -0.1) is 0 Å². The Balaban J connectivity index is 1.85. The van der Waals surface area contributed by atoms with Crippen molar-refractivity contribution in [3.05, 3.63) is 54.1 Å². The van der Waals surface area contributed by atoms with Crippen LogP contribution in [0.4, 0.5) is 5.69 Å². The quantitative estimate of drug-likeness (QED) is 0.597. The van der Waals surface area contributed by atoms with Gasteiger partial charge in [-0.2, -0.15) is 0 Å². The lowest BCUT2D eigenvalue weighted by atomic mass is 10.2. The van der Waals surface area contributed by atoms with Crippen LogP contribution in [0, 0.1) is 0 Å². The maximum atomic E-state index is 12.3. The van der Waals surface area contributed by atoms with E-state index in [0.29, 0.717) is 17.9 Å². The van der Waals surface area contributed by atoms with E-state index in [0.717, 1.165) is 24.5 Å². The van der Waals surface area contributed by atoms with E-state index in [9.17, 15) is 4.79 Å². The Morgan fingerprint density at radius 2 is 1.72 bits per heavy atom. The average Bonchev–Trinajstić information content (AvgIpc) is 2.63. The molecule has 0 unspecified atom stereocenters. The zero-order valence-electron chi connectivity index (χ0n) is 15.1. The topological polar surface area (TPSA) is 47.6 Å². The largest absolute Gasteiger partial charge is 0.494 e. The van der Waals surface area contributed by atoms with Gasteiger partial charge in [0.25, 0.3) is 5.91 Å². The number of rotatable bonds is 10. The first-order valence-electron chi connectivity index (χ1n) is 9.00. The monoisotopic (exact) mass is 341 g/mol. The summed E-state index contributed by atoms with van der Waals surface area (Å²) < 4.78 is 11.1. The summed E-state index contributed by atoms with van der Waals surface area (Å²) >= 11 is 0. The lowest BCUT2D eigenvalue weighted by Crippen LogP contribution is -2.12. The zero-order valence-corrected chi connectivity index (χ0v) is 15.1. The second-order valence-electron chi connectivity index (χ2n) is 5.85.